The van der Waals surface area contributed by atoms with E-state index in [-0.39, 0.29) is 6.10 Å². The molecule has 2 N–H and O–H groups in total. The normalized spacial score (nSPS) is 23.0. The standard InChI is InChI=1S/C13H17NO3S/c1-8-12(5-6-17-8)18-9-3-4-11(14)10(7-9)13(15)16-2/h3-4,7-8,12H,5-6,14H2,1-2H3. The minimum Gasteiger partial charge on any atom is -0.465 e. The average molecular weight is 267 g/mol. The first-order chi connectivity index (χ1) is 8.61. The predicted molar refractivity (Wildman–Crippen MR) is 71.9 cm³/mol. The molecule has 2 atom stereocenters. The molecule has 98 valence electrons. The Balaban J connectivity index is 2.16. The highest BCUT2D eigenvalue weighted by atomic mass is 32.2. The Morgan fingerprint density at radius 2 is 2.33 bits per heavy atom. The molecule has 1 fully saturated rings. The second kappa shape index (κ2) is 5.63. The van der Waals surface area contributed by atoms with Gasteiger partial charge in [0.1, 0.15) is 0 Å². The first kappa shape index (κ1) is 13.2. The molecule has 4 nitrogen and oxygen atoms in total. The van der Waals surface area contributed by atoms with Gasteiger partial charge < -0.3 is 15.2 Å². The lowest BCUT2D eigenvalue weighted by Crippen LogP contribution is -2.13. The number of carbonyl (C=O) groups excluding carboxylic acids is 1. The van der Waals surface area contributed by atoms with Gasteiger partial charge in [-0.1, -0.05) is 0 Å². The monoisotopic (exact) mass is 267 g/mol. The Bertz CT molecular complexity index is 450. The van der Waals surface area contributed by atoms with E-state index in [1.807, 2.05) is 6.07 Å². The molecule has 0 bridgehead atoms. The van der Waals surface area contributed by atoms with Gasteiger partial charge in [0.25, 0.3) is 0 Å². The number of hydrogen-bond acceptors (Lipinski definition) is 5. The predicted octanol–water partition coefficient (Wildman–Crippen LogP) is 2.32. The van der Waals surface area contributed by atoms with E-state index < -0.39 is 5.97 Å². The van der Waals surface area contributed by atoms with Gasteiger partial charge in [0.05, 0.1) is 18.8 Å². The SMILES string of the molecule is COC(=O)c1cc(SC2CCOC2C)ccc1N. The Morgan fingerprint density at radius 1 is 1.56 bits per heavy atom. The van der Waals surface area contributed by atoms with Crippen molar-refractivity contribution in [3.63, 3.8) is 0 Å². The smallest absolute Gasteiger partial charge is 0.339 e. The van der Waals surface area contributed by atoms with Crippen molar-refractivity contribution in [2.45, 2.75) is 29.6 Å². The minimum absolute atomic E-state index is 0.245. The number of nitrogens with two attached hydrogens (primary N) is 1. The highest BCUT2D eigenvalue weighted by molar-refractivity contribution is 8.00. The summed E-state index contributed by atoms with van der Waals surface area (Å²) in [7, 11) is 1.36. The van der Waals surface area contributed by atoms with Crippen molar-refractivity contribution in [1.29, 1.82) is 0 Å². The maximum atomic E-state index is 11.6. The largest absolute Gasteiger partial charge is 0.465 e. The Labute approximate surface area is 111 Å². The summed E-state index contributed by atoms with van der Waals surface area (Å²) in [4.78, 5) is 12.6. The number of rotatable bonds is 3. The lowest BCUT2D eigenvalue weighted by Gasteiger charge is -2.14. The lowest BCUT2D eigenvalue weighted by atomic mass is 10.2. The van der Waals surface area contributed by atoms with Gasteiger partial charge in [0.2, 0.25) is 0 Å². The van der Waals surface area contributed by atoms with Crippen LogP contribution in [0.3, 0.4) is 0 Å². The summed E-state index contributed by atoms with van der Waals surface area (Å²) >= 11 is 1.72. The highest BCUT2D eigenvalue weighted by Gasteiger charge is 2.25. The molecule has 2 rings (SSSR count). The summed E-state index contributed by atoms with van der Waals surface area (Å²) in [6, 6.07) is 5.46. The van der Waals surface area contributed by atoms with Gasteiger partial charge in [-0.05, 0) is 31.5 Å². The molecular weight excluding hydrogens is 250 g/mol. The molecule has 1 heterocycles. The summed E-state index contributed by atoms with van der Waals surface area (Å²) in [5.74, 6) is -0.398. The van der Waals surface area contributed by atoms with Crippen molar-refractivity contribution in [3.8, 4) is 0 Å². The quantitative estimate of drug-likeness (QED) is 0.672. The summed E-state index contributed by atoms with van der Waals surface area (Å²) in [6.45, 7) is 2.88. The number of esters is 1. The van der Waals surface area contributed by atoms with Gasteiger partial charge in [-0.25, -0.2) is 4.79 Å². The van der Waals surface area contributed by atoms with Crippen molar-refractivity contribution in [2.24, 2.45) is 0 Å². The topological polar surface area (TPSA) is 61.5 Å². The van der Waals surface area contributed by atoms with Gasteiger partial charge in [0, 0.05) is 22.4 Å². The van der Waals surface area contributed by atoms with Crippen molar-refractivity contribution >= 4 is 23.4 Å². The molecule has 0 aliphatic carbocycles. The Hall–Kier alpha value is -1.20. The fourth-order valence-corrected chi connectivity index (χ4v) is 3.10. The minimum atomic E-state index is -0.398. The molecule has 0 radical (unpaired) electrons. The molecule has 0 saturated carbocycles. The van der Waals surface area contributed by atoms with E-state index in [0.29, 0.717) is 16.5 Å². The molecule has 1 aromatic rings. The third-order valence-corrected chi connectivity index (χ3v) is 4.47. The zero-order valence-corrected chi connectivity index (χ0v) is 11.3. The van der Waals surface area contributed by atoms with Crippen LogP contribution in [0.1, 0.15) is 23.7 Å². The van der Waals surface area contributed by atoms with Crippen LogP contribution < -0.4 is 5.73 Å². The van der Waals surface area contributed by atoms with Crippen LogP contribution in [-0.2, 0) is 9.47 Å². The van der Waals surface area contributed by atoms with Crippen LogP contribution in [-0.4, -0.2) is 31.0 Å². The number of anilines is 1. The van der Waals surface area contributed by atoms with Crippen LogP contribution >= 0.6 is 11.8 Å². The van der Waals surface area contributed by atoms with E-state index in [2.05, 4.69) is 6.92 Å². The highest BCUT2D eigenvalue weighted by Crippen LogP contribution is 2.33. The van der Waals surface area contributed by atoms with Crippen LogP contribution in [0.2, 0.25) is 0 Å². The summed E-state index contributed by atoms with van der Waals surface area (Å²) in [5, 5.41) is 0.430. The van der Waals surface area contributed by atoms with E-state index in [4.69, 9.17) is 15.2 Å². The summed E-state index contributed by atoms with van der Waals surface area (Å²) in [5.41, 5.74) is 6.64. The average Bonchev–Trinajstić information content (AvgIpc) is 2.76. The Morgan fingerprint density at radius 3 is 2.94 bits per heavy atom. The maximum absolute atomic E-state index is 11.6. The van der Waals surface area contributed by atoms with Crippen molar-refractivity contribution in [1.82, 2.24) is 0 Å². The number of thioether (sulfide) groups is 1. The van der Waals surface area contributed by atoms with Gasteiger partial charge in [0.15, 0.2) is 0 Å². The molecule has 1 aliphatic rings. The zero-order chi connectivity index (χ0) is 13.1. The van der Waals surface area contributed by atoms with Gasteiger partial charge >= 0.3 is 5.97 Å². The maximum Gasteiger partial charge on any atom is 0.339 e. The van der Waals surface area contributed by atoms with E-state index >= 15 is 0 Å². The first-order valence-electron chi connectivity index (χ1n) is 5.88. The second-order valence-corrected chi connectivity index (χ2v) is 5.57. The van der Waals surface area contributed by atoms with Crippen molar-refractivity contribution in [3.05, 3.63) is 23.8 Å². The molecule has 1 saturated heterocycles. The molecule has 18 heavy (non-hydrogen) atoms. The van der Waals surface area contributed by atoms with Gasteiger partial charge in [-0.15, -0.1) is 11.8 Å². The van der Waals surface area contributed by atoms with Crippen LogP contribution in [0.5, 0.6) is 0 Å². The van der Waals surface area contributed by atoms with E-state index in [9.17, 15) is 4.79 Å². The summed E-state index contributed by atoms with van der Waals surface area (Å²) in [6.07, 6.45) is 1.28. The molecule has 1 aromatic carbocycles. The van der Waals surface area contributed by atoms with Crippen molar-refractivity contribution < 1.29 is 14.3 Å². The molecule has 0 spiro atoms. The fraction of sp³-hybridized carbons (Fsp3) is 0.462. The number of ether oxygens (including phenoxy) is 2. The number of methoxy groups -OCH3 is 1. The molecule has 5 heteroatoms. The van der Waals surface area contributed by atoms with Gasteiger partial charge in [-0.3, -0.25) is 0 Å². The number of benzene rings is 1. The Kier molecular flexibility index (Phi) is 4.14. The number of hydrogen-bond donors (Lipinski definition) is 1. The molecule has 0 aromatic heterocycles. The van der Waals surface area contributed by atoms with E-state index in [1.165, 1.54) is 7.11 Å². The first-order valence-corrected chi connectivity index (χ1v) is 6.76. The van der Waals surface area contributed by atoms with Crippen LogP contribution in [0, 0.1) is 0 Å². The molecule has 0 amide bonds. The van der Waals surface area contributed by atoms with Gasteiger partial charge in [-0.2, -0.15) is 0 Å². The van der Waals surface area contributed by atoms with Crippen LogP contribution in [0.25, 0.3) is 0 Å². The van der Waals surface area contributed by atoms with Crippen LogP contribution in [0.4, 0.5) is 5.69 Å². The number of carbonyl (C=O) groups is 1. The third kappa shape index (κ3) is 2.79. The van der Waals surface area contributed by atoms with Crippen molar-refractivity contribution in [2.75, 3.05) is 19.5 Å². The fourth-order valence-electron chi connectivity index (χ4n) is 1.94. The molecule has 1 aliphatic heterocycles. The molecule has 2 unspecified atom stereocenters. The molecular formula is C13H17NO3S. The third-order valence-electron chi connectivity index (χ3n) is 3.02. The van der Waals surface area contributed by atoms with E-state index in [1.54, 1.807) is 23.9 Å². The lowest BCUT2D eigenvalue weighted by molar-refractivity contribution is 0.0601. The number of nitrogen functional groups attached to an aromatic ring is 1. The van der Waals surface area contributed by atoms with Crippen LogP contribution in [0.15, 0.2) is 23.1 Å². The van der Waals surface area contributed by atoms with E-state index in [0.717, 1.165) is 17.9 Å². The second-order valence-electron chi connectivity index (χ2n) is 4.26. The zero-order valence-electron chi connectivity index (χ0n) is 10.5. The summed E-state index contributed by atoms with van der Waals surface area (Å²) < 4.78 is 10.2.